The van der Waals surface area contributed by atoms with Crippen molar-refractivity contribution in [2.45, 2.75) is 32.8 Å². The predicted molar refractivity (Wildman–Crippen MR) is 123 cm³/mol. The van der Waals surface area contributed by atoms with Crippen LogP contribution in [0.15, 0.2) is 30.3 Å². The molecule has 2 aromatic carbocycles. The van der Waals surface area contributed by atoms with Crippen molar-refractivity contribution in [3.63, 3.8) is 0 Å². The number of aryl methyl sites for hydroxylation is 1. The largest absolute Gasteiger partial charge is 0.493 e. The number of carbonyl (C=O) groups is 2. The smallest absolute Gasteiger partial charge is 0.254 e. The van der Waals surface area contributed by atoms with Gasteiger partial charge >= 0.3 is 0 Å². The highest BCUT2D eigenvalue weighted by molar-refractivity contribution is 6.00. The summed E-state index contributed by atoms with van der Waals surface area (Å²) in [5, 5.41) is 2.94. The second-order valence-electron chi connectivity index (χ2n) is 8.32. The summed E-state index contributed by atoms with van der Waals surface area (Å²) in [5.41, 5.74) is 3.20. The highest BCUT2D eigenvalue weighted by Crippen LogP contribution is 2.40. The lowest BCUT2D eigenvalue weighted by atomic mass is 10.1. The topological polar surface area (TPSA) is 86.3 Å². The molecule has 0 saturated carbocycles. The highest BCUT2D eigenvalue weighted by atomic mass is 16.6. The summed E-state index contributed by atoms with van der Waals surface area (Å²) in [7, 11) is 1.52. The van der Waals surface area contributed by atoms with Crippen LogP contribution >= 0.6 is 0 Å². The molecule has 1 fully saturated rings. The Balaban J connectivity index is 1.56. The van der Waals surface area contributed by atoms with Gasteiger partial charge in [0.05, 0.1) is 13.2 Å². The van der Waals surface area contributed by atoms with Crippen LogP contribution in [-0.2, 0) is 9.53 Å². The van der Waals surface area contributed by atoms with Gasteiger partial charge in [-0.15, -0.1) is 0 Å². The maximum Gasteiger partial charge on any atom is 0.254 e. The molecule has 0 spiro atoms. The minimum absolute atomic E-state index is 0.0944. The zero-order valence-electron chi connectivity index (χ0n) is 19.3. The van der Waals surface area contributed by atoms with Crippen LogP contribution in [0, 0.1) is 13.8 Å². The van der Waals surface area contributed by atoms with E-state index < -0.39 is 0 Å². The maximum atomic E-state index is 13.5. The van der Waals surface area contributed by atoms with Gasteiger partial charge in [-0.2, -0.15) is 0 Å². The molecule has 0 aliphatic carbocycles. The second kappa shape index (κ2) is 10.1. The predicted octanol–water partition coefficient (Wildman–Crippen LogP) is 3.34. The Morgan fingerprint density at radius 2 is 1.97 bits per heavy atom. The third kappa shape index (κ3) is 5.22. The number of ether oxygens (including phenoxy) is 4. The number of hydrogen-bond acceptors (Lipinski definition) is 6. The first-order chi connectivity index (χ1) is 16.0. The molecule has 1 atom stereocenters. The van der Waals surface area contributed by atoms with E-state index in [4.69, 9.17) is 18.9 Å². The summed E-state index contributed by atoms with van der Waals surface area (Å²) in [6.45, 7) is 5.67. The SMILES string of the molecule is COc1cc(C(=O)N(CC(=O)Nc2cccc(C)c2C)CC2CCCO2)cc2c1OCCO2. The first-order valence-electron chi connectivity index (χ1n) is 11.2. The lowest BCUT2D eigenvalue weighted by molar-refractivity contribution is -0.117. The zero-order valence-corrected chi connectivity index (χ0v) is 19.3. The van der Waals surface area contributed by atoms with E-state index in [-0.39, 0.29) is 24.5 Å². The highest BCUT2D eigenvalue weighted by Gasteiger charge is 2.28. The summed E-state index contributed by atoms with van der Waals surface area (Å²) in [4.78, 5) is 28.0. The molecule has 0 radical (unpaired) electrons. The van der Waals surface area contributed by atoms with E-state index in [0.29, 0.717) is 49.2 Å². The molecule has 2 heterocycles. The van der Waals surface area contributed by atoms with Crippen LogP contribution < -0.4 is 19.5 Å². The average Bonchev–Trinajstić information content (AvgIpc) is 3.33. The maximum absolute atomic E-state index is 13.5. The molecular weight excluding hydrogens is 424 g/mol. The first kappa shape index (κ1) is 22.9. The van der Waals surface area contributed by atoms with E-state index >= 15 is 0 Å². The van der Waals surface area contributed by atoms with Crippen molar-refractivity contribution in [1.29, 1.82) is 0 Å². The first-order valence-corrected chi connectivity index (χ1v) is 11.2. The van der Waals surface area contributed by atoms with Gasteiger partial charge in [0.15, 0.2) is 11.5 Å². The molecular formula is C25H30N2O6. The number of rotatable bonds is 7. The summed E-state index contributed by atoms with van der Waals surface area (Å²) in [6, 6.07) is 9.02. The Hall–Kier alpha value is -3.26. The van der Waals surface area contributed by atoms with Crippen molar-refractivity contribution in [3.8, 4) is 17.2 Å². The van der Waals surface area contributed by atoms with Crippen molar-refractivity contribution in [2.24, 2.45) is 0 Å². The average molecular weight is 455 g/mol. The van der Waals surface area contributed by atoms with Gasteiger partial charge in [0.1, 0.15) is 19.8 Å². The molecule has 2 aliphatic rings. The molecule has 4 rings (SSSR count). The Morgan fingerprint density at radius 1 is 1.15 bits per heavy atom. The fraction of sp³-hybridized carbons (Fsp3) is 0.440. The molecule has 2 aromatic rings. The fourth-order valence-corrected chi connectivity index (χ4v) is 4.08. The van der Waals surface area contributed by atoms with E-state index in [1.54, 1.807) is 12.1 Å². The van der Waals surface area contributed by atoms with Gasteiger partial charge in [0, 0.05) is 24.4 Å². The van der Waals surface area contributed by atoms with Crippen molar-refractivity contribution < 1.29 is 28.5 Å². The number of methoxy groups -OCH3 is 1. The van der Waals surface area contributed by atoms with E-state index in [1.807, 2.05) is 32.0 Å². The van der Waals surface area contributed by atoms with Crippen molar-refractivity contribution in [2.75, 3.05) is 45.3 Å². The van der Waals surface area contributed by atoms with Gasteiger partial charge in [-0.1, -0.05) is 12.1 Å². The zero-order chi connectivity index (χ0) is 23.4. The van der Waals surface area contributed by atoms with Crippen LogP contribution in [-0.4, -0.2) is 62.8 Å². The molecule has 1 N–H and O–H groups in total. The Morgan fingerprint density at radius 3 is 2.73 bits per heavy atom. The molecule has 2 aliphatic heterocycles. The molecule has 33 heavy (non-hydrogen) atoms. The fourth-order valence-electron chi connectivity index (χ4n) is 4.08. The van der Waals surface area contributed by atoms with Gasteiger partial charge in [-0.25, -0.2) is 0 Å². The Bertz CT molecular complexity index is 1010. The van der Waals surface area contributed by atoms with E-state index in [0.717, 1.165) is 29.7 Å². The molecule has 2 amide bonds. The number of nitrogens with one attached hydrogen (secondary N) is 1. The summed E-state index contributed by atoms with van der Waals surface area (Å²) < 4.78 is 22.5. The van der Waals surface area contributed by atoms with Crippen molar-refractivity contribution >= 4 is 17.5 Å². The standard InChI is InChI=1S/C25H30N2O6/c1-16-6-4-8-20(17(16)2)26-23(28)15-27(14-19-7-5-9-31-19)25(29)18-12-21(30-3)24-22(13-18)32-10-11-33-24/h4,6,8,12-13,19H,5,7,9-11,14-15H2,1-3H3,(H,26,28). The van der Waals surface area contributed by atoms with Gasteiger partial charge in [-0.3, -0.25) is 9.59 Å². The molecule has 8 heteroatoms. The number of benzene rings is 2. The number of fused-ring (bicyclic) bond motifs is 1. The van der Waals surface area contributed by atoms with Crippen molar-refractivity contribution in [3.05, 3.63) is 47.0 Å². The minimum Gasteiger partial charge on any atom is -0.493 e. The lowest BCUT2D eigenvalue weighted by Crippen LogP contribution is -2.42. The summed E-state index contributed by atoms with van der Waals surface area (Å²) in [6.07, 6.45) is 1.70. The van der Waals surface area contributed by atoms with Crippen LogP contribution in [0.1, 0.15) is 34.3 Å². The van der Waals surface area contributed by atoms with Gasteiger partial charge in [0.2, 0.25) is 11.7 Å². The minimum atomic E-state index is -0.295. The van der Waals surface area contributed by atoms with Gasteiger partial charge in [-0.05, 0) is 56.0 Å². The Labute approximate surface area is 193 Å². The van der Waals surface area contributed by atoms with Crippen LogP contribution in [0.4, 0.5) is 5.69 Å². The van der Waals surface area contributed by atoms with Crippen LogP contribution in [0.3, 0.4) is 0 Å². The molecule has 1 unspecified atom stereocenters. The van der Waals surface area contributed by atoms with E-state index in [2.05, 4.69) is 5.32 Å². The van der Waals surface area contributed by atoms with Crippen LogP contribution in [0.5, 0.6) is 17.2 Å². The number of anilines is 1. The summed E-state index contributed by atoms with van der Waals surface area (Å²) >= 11 is 0. The molecule has 0 aromatic heterocycles. The number of hydrogen-bond donors (Lipinski definition) is 1. The molecule has 176 valence electrons. The third-order valence-corrected chi connectivity index (χ3v) is 6.02. The molecule has 1 saturated heterocycles. The number of carbonyl (C=O) groups excluding carboxylic acids is 2. The van der Waals surface area contributed by atoms with Gasteiger partial charge in [0.25, 0.3) is 5.91 Å². The number of amides is 2. The van der Waals surface area contributed by atoms with Crippen LogP contribution in [0.2, 0.25) is 0 Å². The quantitative estimate of drug-likeness (QED) is 0.691. The summed E-state index contributed by atoms with van der Waals surface area (Å²) in [5.74, 6) is 0.809. The normalized spacial score (nSPS) is 16.9. The second-order valence-corrected chi connectivity index (χ2v) is 8.32. The third-order valence-electron chi connectivity index (χ3n) is 6.02. The van der Waals surface area contributed by atoms with Crippen molar-refractivity contribution in [1.82, 2.24) is 4.90 Å². The number of nitrogens with zero attached hydrogens (tertiary/aromatic N) is 1. The monoisotopic (exact) mass is 454 g/mol. The molecule has 8 nitrogen and oxygen atoms in total. The van der Waals surface area contributed by atoms with E-state index in [9.17, 15) is 9.59 Å². The molecule has 0 bridgehead atoms. The van der Waals surface area contributed by atoms with Gasteiger partial charge < -0.3 is 29.2 Å². The van der Waals surface area contributed by atoms with Crippen LogP contribution in [0.25, 0.3) is 0 Å². The Kier molecular flexibility index (Phi) is 7.03. The van der Waals surface area contributed by atoms with E-state index in [1.165, 1.54) is 12.0 Å². The lowest BCUT2D eigenvalue weighted by Gasteiger charge is -2.26.